The third kappa shape index (κ3) is 5.54. The van der Waals surface area contributed by atoms with E-state index in [9.17, 15) is 45.6 Å². The molecule has 2 aliphatic rings. The first-order valence-corrected chi connectivity index (χ1v) is 12.4. The first-order chi connectivity index (χ1) is 19.5. The summed E-state index contributed by atoms with van der Waals surface area (Å²) < 4.78 is 22.0. The number of hydrogen-bond donors (Lipinski definition) is 8. The van der Waals surface area contributed by atoms with Crippen LogP contribution in [0.5, 0.6) is 23.0 Å². The highest BCUT2D eigenvalue weighted by Crippen LogP contribution is 2.37. The second kappa shape index (κ2) is 11.4. The standard InChI is InChI=1S/C26H28O15/c1-9-17(30)20(33)22(35)26(37-9)38-12-6-13(28)16-15(7-12)39-23(10-2-4-11(27)5-3-10)24(19(16)32)40-41-25-21(34)18(31)14(29)8-36-25/h2-7,9,14,17-18,20-22,25-31,33-35H,8H2,1H3/t9-,14+,17+,18+,20-,21-,22-,25+,26+/m1/s1. The Labute approximate surface area is 230 Å². The van der Waals surface area contributed by atoms with Crippen molar-refractivity contribution < 1.29 is 69.3 Å². The third-order valence-corrected chi connectivity index (χ3v) is 6.78. The molecule has 0 bridgehead atoms. The monoisotopic (exact) mass is 580 g/mol. The van der Waals surface area contributed by atoms with Gasteiger partial charge in [0, 0.05) is 17.7 Å². The Balaban J connectivity index is 1.52. The number of fused-ring (bicyclic) bond motifs is 1. The highest BCUT2D eigenvalue weighted by Gasteiger charge is 2.43. The van der Waals surface area contributed by atoms with Crippen LogP contribution in [0.15, 0.2) is 45.6 Å². The van der Waals surface area contributed by atoms with Gasteiger partial charge < -0.3 is 64.4 Å². The molecule has 0 aliphatic carbocycles. The zero-order valence-electron chi connectivity index (χ0n) is 21.3. The van der Waals surface area contributed by atoms with E-state index in [1.807, 2.05) is 0 Å². The van der Waals surface area contributed by atoms with Crippen LogP contribution < -0.4 is 15.1 Å². The molecule has 2 aliphatic heterocycles. The van der Waals surface area contributed by atoms with Crippen molar-refractivity contribution in [2.45, 2.75) is 62.2 Å². The smallest absolute Gasteiger partial charge is 0.256 e. The Hall–Kier alpha value is -3.51. The van der Waals surface area contributed by atoms with Crippen molar-refractivity contribution in [1.82, 2.24) is 0 Å². The molecule has 15 heteroatoms. The molecule has 1 aromatic heterocycles. The molecule has 5 rings (SSSR count). The van der Waals surface area contributed by atoms with Gasteiger partial charge in [0.15, 0.2) is 5.76 Å². The zero-order chi connectivity index (χ0) is 29.6. The normalized spacial score (nSPS) is 32.1. The number of rotatable bonds is 6. The van der Waals surface area contributed by atoms with E-state index in [1.165, 1.54) is 37.3 Å². The van der Waals surface area contributed by atoms with Crippen LogP contribution in [0.25, 0.3) is 22.3 Å². The van der Waals surface area contributed by atoms with Gasteiger partial charge >= 0.3 is 0 Å². The number of aliphatic hydroxyl groups excluding tert-OH is 6. The van der Waals surface area contributed by atoms with E-state index in [-0.39, 0.29) is 33.8 Å². The van der Waals surface area contributed by atoms with Crippen molar-refractivity contribution in [2.24, 2.45) is 0 Å². The quantitative estimate of drug-likeness (QED) is 0.127. The Bertz CT molecular complexity index is 1440. The van der Waals surface area contributed by atoms with E-state index < -0.39 is 78.8 Å². The number of aromatic hydroxyl groups is 2. The molecule has 2 saturated heterocycles. The maximum atomic E-state index is 13.5. The molecule has 8 N–H and O–H groups in total. The van der Waals surface area contributed by atoms with Crippen molar-refractivity contribution in [2.75, 3.05) is 6.61 Å². The maximum absolute atomic E-state index is 13.5. The van der Waals surface area contributed by atoms with Gasteiger partial charge in [-0.05, 0) is 31.2 Å². The lowest BCUT2D eigenvalue weighted by Crippen LogP contribution is -2.58. The molecule has 41 heavy (non-hydrogen) atoms. The maximum Gasteiger partial charge on any atom is 0.256 e. The molecule has 3 aromatic rings. The number of benzene rings is 2. The van der Waals surface area contributed by atoms with E-state index in [0.29, 0.717) is 0 Å². The molecule has 9 atom stereocenters. The number of aliphatic hydroxyl groups is 6. The highest BCUT2D eigenvalue weighted by atomic mass is 17.2. The number of phenolic OH excluding ortho intramolecular Hbond substituents is 2. The predicted octanol–water partition coefficient (Wildman–Crippen LogP) is -1.17. The first kappa shape index (κ1) is 29.0. The largest absolute Gasteiger partial charge is 0.508 e. The van der Waals surface area contributed by atoms with Gasteiger partial charge in [-0.25, -0.2) is 0 Å². The highest BCUT2D eigenvalue weighted by molar-refractivity contribution is 5.88. The van der Waals surface area contributed by atoms with E-state index in [2.05, 4.69) is 0 Å². The minimum Gasteiger partial charge on any atom is -0.508 e. The molecular formula is C26H28O15. The molecule has 15 nitrogen and oxygen atoms in total. The van der Waals surface area contributed by atoms with Gasteiger partial charge in [0.05, 0.1) is 12.7 Å². The molecule has 2 fully saturated rings. The van der Waals surface area contributed by atoms with Gasteiger partial charge in [-0.15, -0.1) is 0 Å². The predicted molar refractivity (Wildman–Crippen MR) is 134 cm³/mol. The van der Waals surface area contributed by atoms with Crippen LogP contribution in [0, 0.1) is 0 Å². The second-order valence-corrected chi connectivity index (χ2v) is 9.68. The third-order valence-electron chi connectivity index (χ3n) is 6.78. The Morgan fingerprint density at radius 1 is 0.854 bits per heavy atom. The van der Waals surface area contributed by atoms with Gasteiger partial charge in [0.2, 0.25) is 18.0 Å². The average Bonchev–Trinajstić information content (AvgIpc) is 2.94. The second-order valence-electron chi connectivity index (χ2n) is 9.68. The summed E-state index contributed by atoms with van der Waals surface area (Å²) in [7, 11) is 0. The Kier molecular flexibility index (Phi) is 8.06. The lowest BCUT2D eigenvalue weighted by Gasteiger charge is -2.38. The van der Waals surface area contributed by atoms with Crippen molar-refractivity contribution in [3.05, 3.63) is 46.6 Å². The average molecular weight is 580 g/mol. The summed E-state index contributed by atoms with van der Waals surface area (Å²) in [4.78, 5) is 23.8. The van der Waals surface area contributed by atoms with Crippen LogP contribution in [0.3, 0.4) is 0 Å². The zero-order valence-corrected chi connectivity index (χ0v) is 21.3. The topological polar surface area (TPSA) is 238 Å². The SMILES string of the molecule is C[C@H]1O[C@@H](Oc2cc(O)c3c(=O)c(OO[C@@H]4OC[C@H](O)[C@H](O)[C@H]4O)c(-c4ccc(O)cc4)oc3c2)[C@H](O)[C@H](O)[C@H]1O. The molecule has 0 unspecified atom stereocenters. The summed E-state index contributed by atoms with van der Waals surface area (Å²) in [6.45, 7) is 1.06. The van der Waals surface area contributed by atoms with Crippen molar-refractivity contribution >= 4 is 11.0 Å². The molecule has 0 amide bonds. The van der Waals surface area contributed by atoms with Crippen molar-refractivity contribution in [1.29, 1.82) is 0 Å². The van der Waals surface area contributed by atoms with Gasteiger partial charge in [-0.1, -0.05) is 0 Å². The number of phenols is 2. The minimum atomic E-state index is -1.74. The van der Waals surface area contributed by atoms with Crippen molar-refractivity contribution in [3.8, 4) is 34.3 Å². The minimum absolute atomic E-state index is 0.0946. The Morgan fingerprint density at radius 3 is 2.24 bits per heavy atom. The van der Waals surface area contributed by atoms with E-state index in [1.54, 1.807) is 0 Å². The summed E-state index contributed by atoms with van der Waals surface area (Å²) in [6.07, 6.45) is -13.3. The van der Waals surface area contributed by atoms with Gasteiger partial charge in [0.1, 0.15) is 64.8 Å². The fourth-order valence-corrected chi connectivity index (χ4v) is 4.41. The van der Waals surface area contributed by atoms with Gasteiger partial charge in [0.25, 0.3) is 5.75 Å². The summed E-state index contributed by atoms with van der Waals surface area (Å²) in [5, 5.41) is 80.0. The van der Waals surface area contributed by atoms with E-state index in [4.69, 9.17) is 28.4 Å². The van der Waals surface area contributed by atoms with Crippen LogP contribution in [-0.4, -0.2) is 103 Å². The fourth-order valence-electron chi connectivity index (χ4n) is 4.41. The Morgan fingerprint density at radius 2 is 1.54 bits per heavy atom. The van der Waals surface area contributed by atoms with Crippen LogP contribution in [-0.2, 0) is 14.4 Å². The molecule has 3 heterocycles. The summed E-state index contributed by atoms with van der Waals surface area (Å²) in [5.41, 5.74) is -0.944. The molecule has 0 spiro atoms. The van der Waals surface area contributed by atoms with Crippen LogP contribution in [0.4, 0.5) is 0 Å². The van der Waals surface area contributed by atoms with E-state index >= 15 is 0 Å². The molecule has 0 radical (unpaired) electrons. The first-order valence-electron chi connectivity index (χ1n) is 12.4. The fraction of sp³-hybridized carbons (Fsp3) is 0.423. The van der Waals surface area contributed by atoms with Crippen LogP contribution >= 0.6 is 0 Å². The molecule has 0 saturated carbocycles. The number of ether oxygens (including phenoxy) is 3. The molecule has 222 valence electrons. The van der Waals surface area contributed by atoms with Gasteiger partial charge in [-0.3, -0.25) is 4.79 Å². The van der Waals surface area contributed by atoms with Crippen molar-refractivity contribution in [3.63, 3.8) is 0 Å². The van der Waals surface area contributed by atoms with Crippen LogP contribution in [0.1, 0.15) is 6.92 Å². The molecule has 2 aromatic carbocycles. The van der Waals surface area contributed by atoms with E-state index in [0.717, 1.165) is 6.07 Å². The number of hydrogen-bond acceptors (Lipinski definition) is 15. The molecular weight excluding hydrogens is 552 g/mol. The van der Waals surface area contributed by atoms with Crippen LogP contribution in [0.2, 0.25) is 0 Å². The lowest BCUT2D eigenvalue weighted by atomic mass is 10.00. The van der Waals surface area contributed by atoms with Gasteiger partial charge in [-0.2, -0.15) is 4.89 Å². The lowest BCUT2D eigenvalue weighted by molar-refractivity contribution is -0.371. The summed E-state index contributed by atoms with van der Waals surface area (Å²) >= 11 is 0. The summed E-state index contributed by atoms with van der Waals surface area (Å²) in [6, 6.07) is 7.60. The summed E-state index contributed by atoms with van der Waals surface area (Å²) in [5.74, 6) is -1.71.